The summed E-state index contributed by atoms with van der Waals surface area (Å²) < 4.78 is 5.35. The number of pyridine rings is 1. The van der Waals surface area contributed by atoms with Gasteiger partial charge in [-0.25, -0.2) is 0 Å². The van der Waals surface area contributed by atoms with E-state index in [1.807, 2.05) is 48.5 Å². The van der Waals surface area contributed by atoms with Crippen LogP contribution in [-0.4, -0.2) is 60.2 Å². The maximum absolute atomic E-state index is 12.7. The number of β-amino-alcohol motifs (C(OH)–C–C–N with tert-alkyl or cyclic N) is 1. The van der Waals surface area contributed by atoms with Gasteiger partial charge < -0.3 is 25.4 Å². The number of rotatable bonds is 10. The second kappa shape index (κ2) is 12.0. The van der Waals surface area contributed by atoms with E-state index in [2.05, 4.69) is 27.4 Å². The van der Waals surface area contributed by atoms with Crippen molar-refractivity contribution in [1.29, 1.82) is 0 Å². The summed E-state index contributed by atoms with van der Waals surface area (Å²) in [6.07, 6.45) is 5.12. The number of ether oxygens (including phenoxy) is 1. The quantitative estimate of drug-likeness (QED) is 0.377. The highest BCUT2D eigenvalue weighted by Crippen LogP contribution is 2.27. The molecule has 2 aromatic carbocycles. The lowest BCUT2D eigenvalue weighted by Crippen LogP contribution is -2.45. The summed E-state index contributed by atoms with van der Waals surface area (Å²) >= 11 is 0. The lowest BCUT2D eigenvalue weighted by Gasteiger charge is -2.33. The third-order valence-corrected chi connectivity index (χ3v) is 6.70. The molecule has 0 spiro atoms. The molecule has 1 aliphatic heterocycles. The van der Waals surface area contributed by atoms with E-state index in [-0.39, 0.29) is 11.9 Å². The molecular weight excluding hydrogens is 440 g/mol. The number of carbonyl (C=O) groups excluding carboxylic acids is 1. The van der Waals surface area contributed by atoms with Crippen LogP contribution in [0.1, 0.15) is 54.6 Å². The van der Waals surface area contributed by atoms with Gasteiger partial charge in [0.2, 0.25) is 0 Å². The first kappa shape index (κ1) is 24.9. The number of aromatic nitrogens is 1. The fraction of sp³-hybridized carbons (Fsp3) is 0.429. The van der Waals surface area contributed by atoms with E-state index in [0.29, 0.717) is 12.1 Å². The van der Waals surface area contributed by atoms with Crippen molar-refractivity contribution in [1.82, 2.24) is 15.2 Å². The molecule has 1 aliphatic rings. The Balaban J connectivity index is 1.27. The maximum atomic E-state index is 12.7. The zero-order valence-electron chi connectivity index (χ0n) is 20.7. The number of unbranched alkanes of at least 4 members (excludes halogenated alkanes) is 1. The number of nitrogens with zero attached hydrogens (tertiary/aromatic N) is 2. The topological polar surface area (TPSA) is 86.7 Å². The van der Waals surface area contributed by atoms with Crippen molar-refractivity contribution < 1.29 is 14.6 Å². The SMILES string of the molecule is CCCCNc1ccc(C(=O)NC2CCN(C[C@H](O)c3ccnc4ccc(OC)cc34)CC2)cc1. The minimum atomic E-state index is -0.622. The number of methoxy groups -OCH3 is 1. The number of benzene rings is 2. The normalized spacial score (nSPS) is 15.6. The first-order chi connectivity index (χ1) is 17.1. The highest BCUT2D eigenvalue weighted by Gasteiger charge is 2.24. The number of carbonyl (C=O) groups is 1. The monoisotopic (exact) mass is 476 g/mol. The lowest BCUT2D eigenvalue weighted by molar-refractivity contribution is 0.0831. The van der Waals surface area contributed by atoms with Crippen LogP contribution in [0.5, 0.6) is 5.75 Å². The van der Waals surface area contributed by atoms with Gasteiger partial charge in [0.05, 0.1) is 18.7 Å². The number of aliphatic hydroxyl groups excluding tert-OH is 1. The Labute approximate surface area is 207 Å². The van der Waals surface area contributed by atoms with Gasteiger partial charge in [-0.3, -0.25) is 9.78 Å². The Hall–Kier alpha value is -3.16. The van der Waals surface area contributed by atoms with Crippen LogP contribution in [0.3, 0.4) is 0 Å². The molecule has 35 heavy (non-hydrogen) atoms. The lowest BCUT2D eigenvalue weighted by atomic mass is 10.0. The van der Waals surface area contributed by atoms with Gasteiger partial charge in [-0.15, -0.1) is 0 Å². The standard InChI is InChI=1S/C28H36N4O3/c1-3-4-14-29-21-7-5-20(6-8-21)28(34)31-22-12-16-32(17-13-22)19-27(33)24-11-15-30-26-10-9-23(35-2)18-25(24)26/h5-11,15,18,22,27,29,33H,3-4,12-14,16-17,19H2,1-2H3,(H,31,34)/t27-/m0/s1. The van der Waals surface area contributed by atoms with Gasteiger partial charge in [-0.05, 0) is 73.4 Å². The van der Waals surface area contributed by atoms with Crippen molar-refractivity contribution in [3.63, 3.8) is 0 Å². The van der Waals surface area contributed by atoms with Crippen molar-refractivity contribution in [2.24, 2.45) is 0 Å². The number of anilines is 1. The van der Waals surface area contributed by atoms with E-state index >= 15 is 0 Å². The molecule has 7 heteroatoms. The van der Waals surface area contributed by atoms with Gasteiger partial charge in [0.25, 0.3) is 5.91 Å². The molecule has 3 N–H and O–H groups in total. The molecule has 0 saturated carbocycles. The van der Waals surface area contributed by atoms with E-state index in [9.17, 15) is 9.90 Å². The van der Waals surface area contributed by atoms with Crippen LogP contribution < -0.4 is 15.4 Å². The maximum Gasteiger partial charge on any atom is 0.251 e. The van der Waals surface area contributed by atoms with E-state index in [1.54, 1.807) is 13.3 Å². The second-order valence-corrected chi connectivity index (χ2v) is 9.21. The minimum absolute atomic E-state index is 0.0270. The largest absolute Gasteiger partial charge is 0.497 e. The Bertz CT molecular complexity index is 1110. The molecule has 3 aromatic rings. The highest BCUT2D eigenvalue weighted by molar-refractivity contribution is 5.94. The Kier molecular flexibility index (Phi) is 8.55. The van der Waals surface area contributed by atoms with E-state index in [1.165, 1.54) is 0 Å². The zero-order chi connectivity index (χ0) is 24.6. The van der Waals surface area contributed by atoms with Crippen LogP contribution in [0, 0.1) is 0 Å². The molecule has 1 atom stereocenters. The van der Waals surface area contributed by atoms with Crippen LogP contribution in [0.15, 0.2) is 54.7 Å². The number of hydrogen-bond acceptors (Lipinski definition) is 6. The van der Waals surface area contributed by atoms with Crippen LogP contribution >= 0.6 is 0 Å². The Morgan fingerprint density at radius 3 is 2.66 bits per heavy atom. The van der Waals surface area contributed by atoms with Gasteiger partial charge in [-0.2, -0.15) is 0 Å². The number of hydrogen-bond donors (Lipinski definition) is 3. The van der Waals surface area contributed by atoms with Gasteiger partial charge >= 0.3 is 0 Å². The first-order valence-electron chi connectivity index (χ1n) is 12.5. The summed E-state index contributed by atoms with van der Waals surface area (Å²) in [6, 6.07) is 15.4. The van der Waals surface area contributed by atoms with E-state index in [0.717, 1.165) is 73.2 Å². The third-order valence-electron chi connectivity index (χ3n) is 6.70. The number of aliphatic hydroxyl groups is 1. The molecule has 7 nitrogen and oxygen atoms in total. The average molecular weight is 477 g/mol. The van der Waals surface area contributed by atoms with Crippen molar-refractivity contribution >= 4 is 22.5 Å². The summed E-state index contributed by atoms with van der Waals surface area (Å²) in [7, 11) is 1.64. The smallest absolute Gasteiger partial charge is 0.251 e. The van der Waals surface area contributed by atoms with Crippen LogP contribution in [0.25, 0.3) is 10.9 Å². The molecule has 1 fully saturated rings. The fourth-order valence-electron chi connectivity index (χ4n) is 4.58. The average Bonchev–Trinajstić information content (AvgIpc) is 2.89. The number of piperidine rings is 1. The van der Waals surface area contributed by atoms with Crippen molar-refractivity contribution in [2.45, 2.75) is 44.8 Å². The van der Waals surface area contributed by atoms with Crippen LogP contribution in [0.4, 0.5) is 5.69 Å². The molecular formula is C28H36N4O3. The number of fused-ring (bicyclic) bond motifs is 1. The molecule has 186 valence electrons. The predicted octanol–water partition coefficient (Wildman–Crippen LogP) is 4.38. The molecule has 1 amide bonds. The van der Waals surface area contributed by atoms with Gasteiger partial charge in [0.1, 0.15) is 5.75 Å². The number of nitrogens with one attached hydrogen (secondary N) is 2. The van der Waals surface area contributed by atoms with Gasteiger partial charge in [0, 0.05) is 55.1 Å². The molecule has 0 radical (unpaired) electrons. The molecule has 0 bridgehead atoms. The van der Waals surface area contributed by atoms with E-state index < -0.39 is 6.10 Å². The van der Waals surface area contributed by atoms with Crippen LogP contribution in [-0.2, 0) is 0 Å². The number of amides is 1. The highest BCUT2D eigenvalue weighted by atomic mass is 16.5. The summed E-state index contributed by atoms with van der Waals surface area (Å²) in [4.78, 5) is 19.4. The Morgan fingerprint density at radius 2 is 1.94 bits per heavy atom. The fourth-order valence-corrected chi connectivity index (χ4v) is 4.58. The number of likely N-dealkylation sites (tertiary alicyclic amines) is 1. The summed E-state index contributed by atoms with van der Waals surface area (Å²) in [6.45, 7) is 5.32. The minimum Gasteiger partial charge on any atom is -0.497 e. The van der Waals surface area contributed by atoms with Gasteiger partial charge in [0.15, 0.2) is 0 Å². The molecule has 1 saturated heterocycles. The predicted molar refractivity (Wildman–Crippen MR) is 140 cm³/mol. The van der Waals surface area contributed by atoms with Crippen molar-refractivity contribution in [2.75, 3.05) is 38.6 Å². The molecule has 0 unspecified atom stereocenters. The molecule has 1 aromatic heterocycles. The Morgan fingerprint density at radius 1 is 1.17 bits per heavy atom. The zero-order valence-corrected chi connectivity index (χ0v) is 20.7. The molecule has 2 heterocycles. The van der Waals surface area contributed by atoms with Gasteiger partial charge in [-0.1, -0.05) is 13.3 Å². The molecule has 4 rings (SSSR count). The third kappa shape index (κ3) is 6.50. The van der Waals surface area contributed by atoms with Crippen molar-refractivity contribution in [3.05, 3.63) is 65.9 Å². The first-order valence-corrected chi connectivity index (χ1v) is 12.5. The summed E-state index contributed by atoms with van der Waals surface area (Å²) in [5.74, 6) is 0.721. The van der Waals surface area contributed by atoms with Crippen molar-refractivity contribution in [3.8, 4) is 5.75 Å². The second-order valence-electron chi connectivity index (χ2n) is 9.21. The van der Waals surface area contributed by atoms with Crippen LogP contribution in [0.2, 0.25) is 0 Å². The summed E-state index contributed by atoms with van der Waals surface area (Å²) in [5, 5.41) is 18.5. The van der Waals surface area contributed by atoms with E-state index in [4.69, 9.17) is 4.74 Å². The summed E-state index contributed by atoms with van der Waals surface area (Å²) in [5.41, 5.74) is 3.43. The molecule has 0 aliphatic carbocycles.